The van der Waals surface area contributed by atoms with Crippen molar-refractivity contribution in [2.75, 3.05) is 25.2 Å². The third-order valence-electron chi connectivity index (χ3n) is 4.02. The van der Waals surface area contributed by atoms with Gasteiger partial charge in [-0.05, 0) is 30.3 Å². The molecule has 3 rings (SSSR count). The fourth-order valence-electron chi connectivity index (χ4n) is 2.81. The first-order chi connectivity index (χ1) is 12.5. The largest absolute Gasteiger partial charge is 0.497 e. The summed E-state index contributed by atoms with van der Waals surface area (Å²) >= 11 is 0. The van der Waals surface area contributed by atoms with Crippen molar-refractivity contribution < 1.29 is 23.5 Å². The van der Waals surface area contributed by atoms with Crippen molar-refractivity contribution in [1.82, 2.24) is 5.32 Å². The summed E-state index contributed by atoms with van der Waals surface area (Å²) < 4.78 is 23.9. The van der Waals surface area contributed by atoms with E-state index in [0.717, 1.165) is 0 Å². The molecule has 1 aliphatic rings. The lowest BCUT2D eigenvalue weighted by molar-refractivity contribution is -0.123. The number of nitrogens with one attached hydrogen (secondary N) is 1. The standard InChI is InChI=1S/C19H19FN2O4/c1-25-16-6-3-7-17(10-16)26-12-18(23)21-14-9-19(24)22(11-14)15-5-2-4-13(20)8-15/h2-8,10,14H,9,11-12H2,1H3,(H,21,23). The number of nitrogens with zero attached hydrogens (tertiary/aromatic N) is 1. The van der Waals surface area contributed by atoms with Gasteiger partial charge in [0.2, 0.25) is 5.91 Å². The van der Waals surface area contributed by atoms with Gasteiger partial charge >= 0.3 is 0 Å². The van der Waals surface area contributed by atoms with Gasteiger partial charge in [0.15, 0.2) is 6.61 Å². The zero-order valence-corrected chi connectivity index (χ0v) is 14.3. The van der Waals surface area contributed by atoms with E-state index in [-0.39, 0.29) is 30.9 Å². The van der Waals surface area contributed by atoms with Gasteiger partial charge in [0, 0.05) is 24.7 Å². The number of hydrogen-bond donors (Lipinski definition) is 1. The third kappa shape index (κ3) is 4.30. The second-order valence-electron chi connectivity index (χ2n) is 5.92. The van der Waals surface area contributed by atoms with Crippen molar-refractivity contribution in [3.05, 3.63) is 54.3 Å². The monoisotopic (exact) mass is 358 g/mol. The average Bonchev–Trinajstić information content (AvgIpc) is 3.00. The van der Waals surface area contributed by atoms with Crippen LogP contribution in [0.3, 0.4) is 0 Å². The zero-order chi connectivity index (χ0) is 18.5. The number of anilines is 1. The first-order valence-corrected chi connectivity index (χ1v) is 8.17. The van der Waals surface area contributed by atoms with E-state index in [2.05, 4.69) is 5.32 Å². The maximum atomic E-state index is 13.3. The molecule has 1 saturated heterocycles. The van der Waals surface area contributed by atoms with Crippen LogP contribution in [0.15, 0.2) is 48.5 Å². The van der Waals surface area contributed by atoms with Crippen LogP contribution in [-0.2, 0) is 9.59 Å². The van der Waals surface area contributed by atoms with Crippen LogP contribution in [0.5, 0.6) is 11.5 Å². The number of hydrogen-bond acceptors (Lipinski definition) is 4. The van der Waals surface area contributed by atoms with Gasteiger partial charge in [-0.25, -0.2) is 4.39 Å². The van der Waals surface area contributed by atoms with Crippen molar-refractivity contribution in [3.8, 4) is 11.5 Å². The molecule has 2 aromatic rings. The Morgan fingerprint density at radius 1 is 1.23 bits per heavy atom. The molecule has 1 unspecified atom stereocenters. The fourth-order valence-corrected chi connectivity index (χ4v) is 2.81. The smallest absolute Gasteiger partial charge is 0.258 e. The molecule has 1 heterocycles. The van der Waals surface area contributed by atoms with E-state index in [9.17, 15) is 14.0 Å². The Kier molecular flexibility index (Phi) is 5.36. The van der Waals surface area contributed by atoms with Gasteiger partial charge in [-0.2, -0.15) is 0 Å². The Labute approximate surface area is 150 Å². The number of amides is 2. The van der Waals surface area contributed by atoms with Crippen molar-refractivity contribution in [2.24, 2.45) is 0 Å². The van der Waals surface area contributed by atoms with Crippen molar-refractivity contribution in [2.45, 2.75) is 12.5 Å². The summed E-state index contributed by atoms with van der Waals surface area (Å²) in [4.78, 5) is 25.7. The second kappa shape index (κ2) is 7.86. The van der Waals surface area contributed by atoms with Crippen LogP contribution in [-0.4, -0.2) is 38.1 Å². The minimum absolute atomic E-state index is 0.158. The van der Waals surface area contributed by atoms with Crippen LogP contribution < -0.4 is 19.7 Å². The van der Waals surface area contributed by atoms with Crippen LogP contribution in [0.4, 0.5) is 10.1 Å². The van der Waals surface area contributed by atoms with E-state index in [0.29, 0.717) is 23.7 Å². The van der Waals surface area contributed by atoms with Gasteiger partial charge in [-0.1, -0.05) is 12.1 Å². The highest BCUT2D eigenvalue weighted by Crippen LogP contribution is 2.22. The minimum Gasteiger partial charge on any atom is -0.497 e. The summed E-state index contributed by atoms with van der Waals surface area (Å²) in [7, 11) is 1.55. The Hall–Kier alpha value is -3.09. The summed E-state index contributed by atoms with van der Waals surface area (Å²) in [6.07, 6.45) is 0.168. The van der Waals surface area contributed by atoms with Crippen molar-refractivity contribution in [1.29, 1.82) is 0 Å². The van der Waals surface area contributed by atoms with Crippen LogP contribution in [0.1, 0.15) is 6.42 Å². The highest BCUT2D eigenvalue weighted by atomic mass is 19.1. The fraction of sp³-hybridized carbons (Fsp3) is 0.263. The predicted molar refractivity (Wildman–Crippen MR) is 93.8 cm³/mol. The second-order valence-corrected chi connectivity index (χ2v) is 5.92. The quantitative estimate of drug-likeness (QED) is 0.859. The first kappa shape index (κ1) is 17.7. The van der Waals surface area contributed by atoms with Crippen LogP contribution >= 0.6 is 0 Å². The lowest BCUT2D eigenvalue weighted by atomic mass is 10.2. The molecule has 0 bridgehead atoms. The van der Waals surface area contributed by atoms with E-state index in [4.69, 9.17) is 9.47 Å². The summed E-state index contributed by atoms with van der Waals surface area (Å²) in [6.45, 7) is 0.130. The van der Waals surface area contributed by atoms with Gasteiger partial charge in [0.1, 0.15) is 17.3 Å². The molecule has 0 saturated carbocycles. The Bertz CT molecular complexity index is 812. The maximum Gasteiger partial charge on any atom is 0.258 e. The molecule has 1 atom stereocenters. The summed E-state index contributed by atoms with van der Waals surface area (Å²) in [5.41, 5.74) is 0.486. The Morgan fingerprint density at radius 2 is 2.00 bits per heavy atom. The molecule has 136 valence electrons. The number of methoxy groups -OCH3 is 1. The molecule has 2 aromatic carbocycles. The van der Waals surface area contributed by atoms with E-state index in [1.54, 1.807) is 43.5 Å². The van der Waals surface area contributed by atoms with E-state index in [1.807, 2.05) is 0 Å². The Balaban J connectivity index is 1.52. The van der Waals surface area contributed by atoms with E-state index >= 15 is 0 Å². The average molecular weight is 358 g/mol. The lowest BCUT2D eigenvalue weighted by Crippen LogP contribution is -2.39. The van der Waals surface area contributed by atoms with Gasteiger partial charge < -0.3 is 19.7 Å². The molecule has 0 aliphatic carbocycles. The topological polar surface area (TPSA) is 67.9 Å². The molecule has 26 heavy (non-hydrogen) atoms. The molecule has 0 radical (unpaired) electrons. The molecule has 1 aliphatic heterocycles. The van der Waals surface area contributed by atoms with Gasteiger partial charge in [0.25, 0.3) is 5.91 Å². The predicted octanol–water partition coefficient (Wildman–Crippen LogP) is 2.13. The molecule has 1 fully saturated rings. The summed E-state index contributed by atoms with van der Waals surface area (Å²) in [5.74, 6) is 0.259. The maximum absolute atomic E-state index is 13.3. The van der Waals surface area contributed by atoms with Crippen LogP contribution in [0.25, 0.3) is 0 Å². The molecule has 0 spiro atoms. The molecular formula is C19H19FN2O4. The SMILES string of the molecule is COc1cccc(OCC(=O)NC2CC(=O)N(c3cccc(F)c3)C2)c1. The molecular weight excluding hydrogens is 339 g/mol. The van der Waals surface area contributed by atoms with Gasteiger partial charge in [0.05, 0.1) is 13.2 Å². The van der Waals surface area contributed by atoms with E-state index in [1.165, 1.54) is 17.0 Å². The van der Waals surface area contributed by atoms with Gasteiger partial charge in [-0.15, -0.1) is 0 Å². The minimum atomic E-state index is -0.408. The molecule has 2 amide bonds. The zero-order valence-electron chi connectivity index (χ0n) is 14.3. The highest BCUT2D eigenvalue weighted by molar-refractivity contribution is 5.96. The summed E-state index contributed by atoms with van der Waals surface area (Å²) in [6, 6.07) is 12.4. The van der Waals surface area contributed by atoms with Crippen LogP contribution in [0, 0.1) is 5.82 Å². The number of carbonyl (C=O) groups excluding carboxylic acids is 2. The van der Waals surface area contributed by atoms with E-state index < -0.39 is 5.82 Å². The number of ether oxygens (including phenoxy) is 2. The number of halogens is 1. The number of rotatable bonds is 6. The lowest BCUT2D eigenvalue weighted by Gasteiger charge is -2.17. The van der Waals surface area contributed by atoms with Crippen molar-refractivity contribution >= 4 is 17.5 Å². The Morgan fingerprint density at radius 3 is 2.77 bits per heavy atom. The number of carbonyl (C=O) groups is 2. The van der Waals surface area contributed by atoms with Crippen LogP contribution in [0.2, 0.25) is 0 Å². The molecule has 7 heteroatoms. The van der Waals surface area contributed by atoms with Crippen molar-refractivity contribution in [3.63, 3.8) is 0 Å². The normalized spacial score (nSPS) is 16.5. The molecule has 0 aromatic heterocycles. The number of benzene rings is 2. The first-order valence-electron chi connectivity index (χ1n) is 8.17. The molecule has 6 nitrogen and oxygen atoms in total. The highest BCUT2D eigenvalue weighted by Gasteiger charge is 2.31. The summed E-state index contributed by atoms with van der Waals surface area (Å²) in [5, 5.41) is 2.77. The third-order valence-corrected chi connectivity index (χ3v) is 4.02. The molecule has 1 N–H and O–H groups in total. The van der Waals surface area contributed by atoms with Gasteiger partial charge in [-0.3, -0.25) is 9.59 Å².